The van der Waals surface area contributed by atoms with E-state index in [1.54, 1.807) is 12.3 Å². The van der Waals surface area contributed by atoms with Crippen LogP contribution in [-0.4, -0.2) is 125 Å². The number of nitrogens with zero attached hydrogens (tertiary/aromatic N) is 5. The molecule has 1 unspecified atom stereocenters. The van der Waals surface area contributed by atoms with Crippen LogP contribution in [-0.2, 0) is 34.6 Å². The van der Waals surface area contributed by atoms with Crippen molar-refractivity contribution >= 4 is 67.8 Å². The molecular weight excluding hydrogens is 915 g/mol. The average molecular weight is 962 g/mol. The largest absolute Gasteiger partial charge is 0.492 e. The topological polar surface area (TPSA) is 248 Å². The van der Waals surface area contributed by atoms with E-state index >= 15 is 0 Å². The number of anilines is 1. The zero-order valence-electron chi connectivity index (χ0n) is 36.9. The van der Waals surface area contributed by atoms with Gasteiger partial charge in [-0.3, -0.25) is 57.6 Å². The van der Waals surface area contributed by atoms with Crippen LogP contribution in [0, 0.1) is 5.92 Å². The number of imide groups is 2. The number of hydrogen-bond acceptors (Lipinski definition) is 14. The number of ether oxygens (including phenoxy) is 1. The Morgan fingerprint density at radius 2 is 1.68 bits per heavy atom. The van der Waals surface area contributed by atoms with Crippen molar-refractivity contribution in [1.29, 1.82) is 0 Å². The molecule has 3 fully saturated rings. The van der Waals surface area contributed by atoms with Crippen molar-refractivity contribution in [1.82, 2.24) is 39.7 Å². The van der Waals surface area contributed by atoms with Crippen molar-refractivity contribution in [3.63, 3.8) is 0 Å². The number of thiazole rings is 1. The molecule has 352 valence electrons. The molecule has 68 heavy (non-hydrogen) atoms. The number of aromatic nitrogens is 3. The number of pyridine rings is 1. The lowest BCUT2D eigenvalue weighted by Gasteiger charge is -2.32. The molecule has 0 spiro atoms. The summed E-state index contributed by atoms with van der Waals surface area (Å²) in [6, 6.07) is 16.7. The number of rotatable bonds is 16. The first-order valence-electron chi connectivity index (χ1n) is 22.1. The Balaban J connectivity index is 0.723. The normalized spacial score (nSPS) is 18.2. The molecule has 1 saturated carbocycles. The van der Waals surface area contributed by atoms with Crippen molar-refractivity contribution < 1.29 is 46.7 Å². The van der Waals surface area contributed by atoms with Crippen molar-refractivity contribution in [3.05, 3.63) is 107 Å². The lowest BCUT2D eigenvalue weighted by molar-refractivity contribution is -0.136. The van der Waals surface area contributed by atoms with Gasteiger partial charge in [0.05, 0.1) is 46.3 Å². The van der Waals surface area contributed by atoms with E-state index in [2.05, 4.69) is 36.1 Å². The van der Waals surface area contributed by atoms with Crippen molar-refractivity contribution in [3.8, 4) is 28.1 Å². The number of amides is 7. The highest BCUT2D eigenvalue weighted by Crippen LogP contribution is 2.48. The third-order valence-corrected chi connectivity index (χ3v) is 14.5. The first-order valence-corrected chi connectivity index (χ1v) is 24.9. The molecule has 0 radical (unpaired) electrons. The molecule has 5 aromatic rings. The quantitative estimate of drug-likeness (QED) is 0.104. The summed E-state index contributed by atoms with van der Waals surface area (Å²) < 4.78 is 30.3. The Morgan fingerprint density at radius 1 is 0.912 bits per heavy atom. The van der Waals surface area contributed by atoms with E-state index in [1.807, 2.05) is 41.8 Å². The van der Waals surface area contributed by atoms with E-state index in [1.165, 1.54) is 41.9 Å². The summed E-state index contributed by atoms with van der Waals surface area (Å²) >= 11 is 1.23. The Bertz CT molecular complexity index is 2970. The highest BCUT2D eigenvalue weighted by molar-refractivity contribution is 7.89. The van der Waals surface area contributed by atoms with Crippen LogP contribution in [0.5, 0.6) is 5.75 Å². The van der Waals surface area contributed by atoms with Crippen LogP contribution in [0.25, 0.3) is 22.4 Å². The maximum Gasteiger partial charge on any atom is 0.262 e. The minimum atomic E-state index is -3.54. The van der Waals surface area contributed by atoms with Gasteiger partial charge in [0.1, 0.15) is 18.4 Å². The first-order chi connectivity index (χ1) is 32.6. The van der Waals surface area contributed by atoms with Crippen LogP contribution in [0.4, 0.5) is 5.13 Å². The van der Waals surface area contributed by atoms with Gasteiger partial charge in [0, 0.05) is 49.0 Å². The SMILES string of the molecule is CS(=O)(=O)n1ccc(C(=O)NCC(=O)Nc2nc(-c3cccc(-c4ccnc(C5(C(=O)NCC6CCN(CCOc7ccc8c(c7)C(=O)N(C7CCC(=O)NC7=O)C8=O)CC6)CC5)c4)c3)cs2)c1. The zero-order chi connectivity index (χ0) is 47.7. The van der Waals surface area contributed by atoms with Crippen molar-refractivity contribution in [2.24, 2.45) is 5.92 Å². The van der Waals surface area contributed by atoms with Gasteiger partial charge in [0.15, 0.2) is 5.13 Å². The number of nitrogens with one attached hydrogen (secondary N) is 4. The van der Waals surface area contributed by atoms with Gasteiger partial charge in [-0.25, -0.2) is 13.4 Å². The van der Waals surface area contributed by atoms with E-state index in [-0.39, 0.29) is 42.0 Å². The molecule has 2 aromatic carbocycles. The zero-order valence-corrected chi connectivity index (χ0v) is 38.5. The fourth-order valence-electron chi connectivity index (χ4n) is 8.71. The van der Waals surface area contributed by atoms with Gasteiger partial charge in [-0.15, -0.1) is 11.3 Å². The van der Waals surface area contributed by atoms with Crippen LogP contribution < -0.4 is 26.0 Å². The molecule has 4 N–H and O–H groups in total. The second kappa shape index (κ2) is 18.9. The molecular formula is C47H47N9O10S2. The number of carbonyl (C=O) groups is 7. The number of fused-ring (bicyclic) bond motifs is 1. The molecule has 3 aromatic heterocycles. The van der Waals surface area contributed by atoms with Crippen LogP contribution in [0.2, 0.25) is 0 Å². The summed E-state index contributed by atoms with van der Waals surface area (Å²) in [7, 11) is -3.54. The van der Waals surface area contributed by atoms with Gasteiger partial charge < -0.3 is 20.7 Å². The van der Waals surface area contributed by atoms with Crippen LogP contribution >= 0.6 is 11.3 Å². The maximum atomic E-state index is 13.8. The van der Waals surface area contributed by atoms with Crippen molar-refractivity contribution in [2.45, 2.75) is 50.0 Å². The molecule has 3 aliphatic heterocycles. The number of hydrogen-bond donors (Lipinski definition) is 4. The second-order valence-corrected chi connectivity index (χ2v) is 20.1. The summed E-state index contributed by atoms with van der Waals surface area (Å²) in [4.78, 5) is 101. The van der Waals surface area contributed by atoms with E-state index < -0.39 is 56.9 Å². The molecule has 9 rings (SSSR count). The standard InChI is InChI=1S/C47H47N9O10S2/c1-68(64,65)55-18-12-32(26-55)41(59)49-25-40(58)53-46-51-36(27-67-46)31-4-2-3-29(21-31)30-9-15-48-38(22-30)47(13-14-47)45(63)50-24-28-10-16-54(17-11-28)19-20-66-33-5-6-34-35(23-33)44(62)56(43(34)61)37-7-8-39(57)52-42(37)60/h2-6,9,12,15,18,21-23,26-28,37H,7-8,10-11,13-14,16-17,19-20,24-25H2,1H3,(H,49,59)(H,50,63)(H,51,53,58)(H,52,57,60). The third-order valence-electron chi connectivity index (χ3n) is 12.7. The number of benzene rings is 2. The molecule has 4 aliphatic rings. The third kappa shape index (κ3) is 9.81. The van der Waals surface area contributed by atoms with E-state index in [9.17, 15) is 42.0 Å². The highest BCUT2D eigenvalue weighted by Gasteiger charge is 2.52. The van der Waals surface area contributed by atoms with Crippen LogP contribution in [0.1, 0.15) is 75.3 Å². The van der Waals surface area contributed by atoms with E-state index in [4.69, 9.17) is 4.74 Å². The summed E-state index contributed by atoms with van der Waals surface area (Å²) in [5.74, 6) is -2.58. The number of piperidine rings is 2. The number of carbonyl (C=O) groups excluding carboxylic acids is 7. The van der Waals surface area contributed by atoms with Gasteiger partial charge in [-0.2, -0.15) is 0 Å². The van der Waals surface area contributed by atoms with Crippen molar-refractivity contribution in [2.75, 3.05) is 50.9 Å². The average Bonchev–Trinajstić information content (AvgIpc) is 3.61. The first kappa shape index (κ1) is 46.0. The van der Waals surface area contributed by atoms with Gasteiger partial charge in [0.2, 0.25) is 33.7 Å². The monoisotopic (exact) mass is 961 g/mol. The molecule has 2 saturated heterocycles. The van der Waals surface area contributed by atoms with E-state index in [0.29, 0.717) is 55.0 Å². The van der Waals surface area contributed by atoms with Crippen LogP contribution in [0.3, 0.4) is 0 Å². The van der Waals surface area contributed by atoms with Gasteiger partial charge in [-0.05, 0) is 105 Å². The minimum absolute atomic E-state index is 0.0239. The summed E-state index contributed by atoms with van der Waals surface area (Å²) in [5.41, 5.74) is 3.76. The predicted octanol–water partition coefficient (Wildman–Crippen LogP) is 3.19. The lowest BCUT2D eigenvalue weighted by atomic mass is 9.94. The second-order valence-electron chi connectivity index (χ2n) is 17.4. The smallest absolute Gasteiger partial charge is 0.262 e. The minimum Gasteiger partial charge on any atom is -0.492 e. The molecule has 0 bridgehead atoms. The fourth-order valence-corrected chi connectivity index (χ4v) is 10.0. The van der Waals surface area contributed by atoms with E-state index in [0.717, 1.165) is 63.4 Å². The molecule has 7 amide bonds. The molecule has 1 atom stereocenters. The van der Waals surface area contributed by atoms with Gasteiger partial charge in [-0.1, -0.05) is 18.2 Å². The molecule has 21 heteroatoms. The Labute approximate surface area is 394 Å². The maximum absolute atomic E-state index is 13.8. The molecule has 1 aliphatic carbocycles. The van der Waals surface area contributed by atoms with Gasteiger partial charge in [0.25, 0.3) is 17.7 Å². The lowest BCUT2D eigenvalue weighted by Crippen LogP contribution is -2.54. The number of likely N-dealkylation sites (tertiary alicyclic amines) is 1. The van der Waals surface area contributed by atoms with Gasteiger partial charge >= 0.3 is 0 Å². The summed E-state index contributed by atoms with van der Waals surface area (Å²) in [6.45, 7) is 2.91. The Kier molecular flexibility index (Phi) is 12.8. The summed E-state index contributed by atoms with van der Waals surface area (Å²) in [6.07, 6.45) is 8.52. The Hall–Kier alpha value is -7.10. The fraction of sp³-hybridized carbons (Fsp3) is 0.340. The highest BCUT2D eigenvalue weighted by atomic mass is 32.2. The Morgan fingerprint density at radius 3 is 2.43 bits per heavy atom. The predicted molar refractivity (Wildman–Crippen MR) is 248 cm³/mol. The molecule has 19 nitrogen and oxygen atoms in total. The van der Waals surface area contributed by atoms with Crippen LogP contribution in [0.15, 0.2) is 84.6 Å². The summed E-state index contributed by atoms with van der Waals surface area (Å²) in [5, 5.41) is 12.8. The molecule has 6 heterocycles.